The Kier molecular flexibility index (Phi) is 6.31. The van der Waals surface area contributed by atoms with E-state index in [1.807, 2.05) is 0 Å². The fraction of sp³-hybridized carbons (Fsp3) is 0.389. The number of ketones is 2. The Labute approximate surface area is 148 Å². The average molecular weight is 364 g/mol. The topological polar surface area (TPSA) is 89.9 Å². The van der Waals surface area contributed by atoms with Gasteiger partial charge in [-0.2, -0.15) is 0 Å². The summed E-state index contributed by atoms with van der Waals surface area (Å²) in [6, 6.07) is 4.50. The summed E-state index contributed by atoms with van der Waals surface area (Å²) in [4.78, 5) is 34.3. The molecule has 0 aliphatic rings. The Balaban J connectivity index is 3.12. The van der Waals surface area contributed by atoms with Crippen LogP contribution in [0.25, 0.3) is 0 Å². The number of carbonyl (C=O) groups is 3. The zero-order valence-corrected chi connectivity index (χ0v) is 16.4. The minimum Gasteiger partial charge on any atom is -0.541 e. The minimum atomic E-state index is -2.09. The molecule has 0 aliphatic heterocycles. The SMILES string of the molecule is COc1cc(C(=O)C(=O)/C=C/C(=O)O)ccc1O[Si](C)(C)C(C)(C)C. The number of Topliss-reactive ketones (excluding diaryl/α,β-unsaturated/α-hetero) is 1. The van der Waals surface area contributed by atoms with Crippen LogP contribution >= 0.6 is 0 Å². The van der Waals surface area contributed by atoms with E-state index in [1.54, 1.807) is 6.07 Å². The molecule has 6 nitrogen and oxygen atoms in total. The van der Waals surface area contributed by atoms with E-state index in [-0.39, 0.29) is 10.6 Å². The van der Waals surface area contributed by atoms with Gasteiger partial charge in [-0.05, 0) is 42.4 Å². The van der Waals surface area contributed by atoms with Gasteiger partial charge in [0.15, 0.2) is 5.75 Å². The smallest absolute Gasteiger partial charge is 0.328 e. The molecule has 1 rings (SSSR count). The van der Waals surface area contributed by atoms with Crippen molar-refractivity contribution in [1.29, 1.82) is 0 Å². The summed E-state index contributed by atoms with van der Waals surface area (Å²) in [6.07, 6.45) is 1.36. The molecule has 0 unspecified atom stereocenters. The number of rotatable bonds is 7. The van der Waals surface area contributed by atoms with Crippen molar-refractivity contribution >= 4 is 25.9 Å². The van der Waals surface area contributed by atoms with Crippen molar-refractivity contribution in [1.82, 2.24) is 0 Å². The van der Waals surface area contributed by atoms with Gasteiger partial charge in [-0.25, -0.2) is 4.79 Å². The van der Waals surface area contributed by atoms with Gasteiger partial charge in [-0.1, -0.05) is 20.8 Å². The van der Waals surface area contributed by atoms with Crippen LogP contribution in [-0.2, 0) is 9.59 Å². The molecule has 0 saturated carbocycles. The van der Waals surface area contributed by atoms with Crippen LogP contribution in [0, 0.1) is 0 Å². The van der Waals surface area contributed by atoms with E-state index >= 15 is 0 Å². The van der Waals surface area contributed by atoms with Crippen LogP contribution in [0.5, 0.6) is 11.5 Å². The fourth-order valence-electron chi connectivity index (χ4n) is 1.69. The quantitative estimate of drug-likeness (QED) is 0.345. The Hall–Kier alpha value is -2.41. The van der Waals surface area contributed by atoms with Gasteiger partial charge in [0.1, 0.15) is 5.75 Å². The van der Waals surface area contributed by atoms with Crippen molar-refractivity contribution in [3.05, 3.63) is 35.9 Å². The van der Waals surface area contributed by atoms with Gasteiger partial charge in [0, 0.05) is 11.6 Å². The molecule has 1 aromatic rings. The third-order valence-corrected chi connectivity index (χ3v) is 8.54. The first-order chi connectivity index (χ1) is 11.4. The molecule has 25 heavy (non-hydrogen) atoms. The molecular weight excluding hydrogens is 340 g/mol. The molecule has 0 heterocycles. The zero-order chi connectivity index (χ0) is 19.4. The number of allylic oxidation sites excluding steroid dienone is 1. The highest BCUT2D eigenvalue weighted by atomic mass is 28.4. The predicted molar refractivity (Wildman–Crippen MR) is 96.9 cm³/mol. The molecule has 1 N–H and O–H groups in total. The number of hydrogen-bond donors (Lipinski definition) is 1. The summed E-state index contributed by atoms with van der Waals surface area (Å²) >= 11 is 0. The number of aliphatic carboxylic acids is 1. The molecule has 0 aromatic heterocycles. The standard InChI is InChI=1S/C18H24O6Si/c1-18(2,3)25(5,6)24-14-9-7-12(11-15(14)23-4)17(22)13(19)8-10-16(20)21/h7-11H,1-6H3,(H,20,21)/b10-8+. The van der Waals surface area contributed by atoms with Crippen LogP contribution < -0.4 is 9.16 Å². The minimum absolute atomic E-state index is 0.00983. The first kappa shape index (κ1) is 20.6. The third kappa shape index (κ3) is 5.28. The summed E-state index contributed by atoms with van der Waals surface area (Å²) in [5.74, 6) is -2.15. The summed E-state index contributed by atoms with van der Waals surface area (Å²) in [5, 5.41) is 8.51. The third-order valence-electron chi connectivity index (χ3n) is 4.20. The summed E-state index contributed by atoms with van der Waals surface area (Å²) < 4.78 is 11.5. The molecule has 0 atom stereocenters. The number of ether oxygens (including phenoxy) is 1. The lowest BCUT2D eigenvalue weighted by molar-refractivity contribution is -0.131. The highest BCUT2D eigenvalue weighted by Crippen LogP contribution is 2.40. The number of methoxy groups -OCH3 is 1. The summed E-state index contributed by atoms with van der Waals surface area (Å²) in [5.41, 5.74) is 0.111. The lowest BCUT2D eigenvalue weighted by Gasteiger charge is -2.36. The number of benzene rings is 1. The van der Waals surface area contributed by atoms with Crippen molar-refractivity contribution in [2.75, 3.05) is 7.11 Å². The van der Waals surface area contributed by atoms with E-state index in [9.17, 15) is 14.4 Å². The number of carboxylic acid groups (broad SMARTS) is 1. The molecule has 0 aliphatic carbocycles. The lowest BCUT2D eigenvalue weighted by atomic mass is 10.1. The van der Waals surface area contributed by atoms with Crippen LogP contribution in [0.15, 0.2) is 30.4 Å². The Morgan fingerprint density at radius 2 is 1.68 bits per heavy atom. The van der Waals surface area contributed by atoms with Crippen molar-refractivity contribution in [2.45, 2.75) is 38.9 Å². The second-order valence-electron chi connectivity index (χ2n) is 7.09. The molecule has 1 aromatic carbocycles. The Morgan fingerprint density at radius 3 is 2.16 bits per heavy atom. The van der Waals surface area contributed by atoms with Crippen molar-refractivity contribution in [2.24, 2.45) is 0 Å². The van der Waals surface area contributed by atoms with Crippen LogP contribution in [0.1, 0.15) is 31.1 Å². The second-order valence-corrected chi connectivity index (χ2v) is 11.8. The van der Waals surface area contributed by atoms with Gasteiger partial charge in [0.2, 0.25) is 11.6 Å². The average Bonchev–Trinajstić information content (AvgIpc) is 2.50. The van der Waals surface area contributed by atoms with Crippen LogP contribution in [0.2, 0.25) is 18.1 Å². The molecule has 0 saturated heterocycles. The molecule has 7 heteroatoms. The first-order valence-corrected chi connectivity index (χ1v) is 10.7. The van der Waals surface area contributed by atoms with Crippen molar-refractivity contribution in [3.63, 3.8) is 0 Å². The maximum absolute atomic E-state index is 12.1. The largest absolute Gasteiger partial charge is 0.541 e. The molecular formula is C18H24O6Si. The molecule has 136 valence electrons. The molecule has 0 spiro atoms. The Bertz CT molecular complexity index is 713. The van der Waals surface area contributed by atoms with E-state index in [2.05, 4.69) is 33.9 Å². The van der Waals surface area contributed by atoms with Gasteiger partial charge in [0.05, 0.1) is 7.11 Å². The van der Waals surface area contributed by atoms with Gasteiger partial charge in [-0.3, -0.25) is 9.59 Å². The zero-order valence-electron chi connectivity index (χ0n) is 15.4. The van der Waals surface area contributed by atoms with Crippen LogP contribution in [0.4, 0.5) is 0 Å². The molecule has 0 fully saturated rings. The summed E-state index contributed by atoms with van der Waals surface area (Å²) in [6.45, 7) is 10.5. The van der Waals surface area contributed by atoms with Crippen molar-refractivity contribution in [3.8, 4) is 11.5 Å². The second kappa shape index (κ2) is 7.65. The summed E-state index contributed by atoms with van der Waals surface area (Å²) in [7, 11) is -0.641. The van der Waals surface area contributed by atoms with Gasteiger partial charge < -0.3 is 14.3 Å². The molecule has 0 radical (unpaired) electrons. The number of hydrogen-bond acceptors (Lipinski definition) is 5. The monoisotopic (exact) mass is 364 g/mol. The van der Waals surface area contributed by atoms with Crippen molar-refractivity contribution < 1.29 is 28.7 Å². The first-order valence-electron chi connectivity index (χ1n) is 7.76. The van der Waals surface area contributed by atoms with Gasteiger partial charge in [0.25, 0.3) is 8.32 Å². The van der Waals surface area contributed by atoms with Crippen LogP contribution in [-0.4, -0.2) is 38.1 Å². The maximum Gasteiger partial charge on any atom is 0.328 e. The molecule has 0 bridgehead atoms. The maximum atomic E-state index is 12.1. The van der Waals surface area contributed by atoms with E-state index in [4.69, 9.17) is 14.3 Å². The van der Waals surface area contributed by atoms with E-state index in [0.717, 1.165) is 6.08 Å². The lowest BCUT2D eigenvalue weighted by Crippen LogP contribution is -2.43. The highest BCUT2D eigenvalue weighted by Gasteiger charge is 2.39. The normalized spacial score (nSPS) is 12.1. The fourth-order valence-corrected chi connectivity index (χ4v) is 2.71. The van der Waals surface area contributed by atoms with E-state index in [1.165, 1.54) is 19.2 Å². The highest BCUT2D eigenvalue weighted by molar-refractivity contribution is 6.74. The number of carboxylic acids is 1. The van der Waals surface area contributed by atoms with Gasteiger partial charge in [-0.15, -0.1) is 0 Å². The number of carbonyl (C=O) groups excluding carboxylic acids is 2. The Morgan fingerprint density at radius 1 is 1.08 bits per heavy atom. The predicted octanol–water partition coefficient (Wildman–Crippen LogP) is 3.47. The van der Waals surface area contributed by atoms with Gasteiger partial charge >= 0.3 is 5.97 Å². The van der Waals surface area contributed by atoms with E-state index < -0.39 is 25.9 Å². The van der Waals surface area contributed by atoms with E-state index in [0.29, 0.717) is 17.6 Å². The molecule has 0 amide bonds. The van der Waals surface area contributed by atoms with Crippen LogP contribution in [0.3, 0.4) is 0 Å².